The van der Waals surface area contributed by atoms with Crippen molar-refractivity contribution in [2.75, 3.05) is 11.9 Å². The van der Waals surface area contributed by atoms with Crippen LogP contribution >= 0.6 is 11.6 Å². The lowest BCUT2D eigenvalue weighted by Gasteiger charge is -2.13. The zero-order valence-electron chi connectivity index (χ0n) is 10.3. The molecule has 0 radical (unpaired) electrons. The molecular formula is C12H15ClN4O. The highest BCUT2D eigenvalue weighted by Crippen LogP contribution is 2.18. The topological polar surface area (TPSA) is 68.2 Å². The van der Waals surface area contributed by atoms with E-state index >= 15 is 0 Å². The van der Waals surface area contributed by atoms with Gasteiger partial charge in [0, 0.05) is 18.6 Å². The van der Waals surface area contributed by atoms with Gasteiger partial charge in [-0.1, -0.05) is 28.8 Å². The van der Waals surface area contributed by atoms with Crippen LogP contribution in [0, 0.1) is 0 Å². The minimum absolute atomic E-state index is 0.259. The Morgan fingerprint density at radius 3 is 2.83 bits per heavy atom. The third-order valence-electron chi connectivity index (χ3n) is 2.45. The lowest BCUT2D eigenvalue weighted by molar-refractivity contribution is 0.460. The van der Waals surface area contributed by atoms with Gasteiger partial charge in [-0.25, -0.2) is 0 Å². The van der Waals surface area contributed by atoms with Crippen molar-refractivity contribution in [1.29, 1.82) is 0 Å². The van der Waals surface area contributed by atoms with Gasteiger partial charge < -0.3 is 15.1 Å². The lowest BCUT2D eigenvalue weighted by atomic mass is 10.2. The van der Waals surface area contributed by atoms with Gasteiger partial charge in [-0.3, -0.25) is 0 Å². The van der Waals surface area contributed by atoms with E-state index < -0.39 is 0 Å². The maximum absolute atomic E-state index is 5.93. The smallest absolute Gasteiger partial charge is 0.318 e. The van der Waals surface area contributed by atoms with E-state index in [9.17, 15) is 0 Å². The van der Waals surface area contributed by atoms with Crippen LogP contribution < -0.4 is 10.6 Å². The number of anilines is 1. The van der Waals surface area contributed by atoms with E-state index in [0.717, 1.165) is 5.56 Å². The summed E-state index contributed by atoms with van der Waals surface area (Å²) in [6, 6.07) is 7.83. The molecule has 1 aromatic carbocycles. The van der Waals surface area contributed by atoms with Gasteiger partial charge in [0.05, 0.1) is 6.04 Å². The van der Waals surface area contributed by atoms with Crippen molar-refractivity contribution in [3.05, 3.63) is 40.7 Å². The van der Waals surface area contributed by atoms with Gasteiger partial charge in [-0.15, -0.1) is 5.10 Å². The van der Waals surface area contributed by atoms with Crippen LogP contribution in [0.4, 0.5) is 6.01 Å². The molecule has 0 spiro atoms. The van der Waals surface area contributed by atoms with E-state index in [-0.39, 0.29) is 6.04 Å². The molecule has 0 aliphatic rings. The second-order valence-electron chi connectivity index (χ2n) is 4.20. The second-order valence-corrected chi connectivity index (χ2v) is 4.63. The molecule has 0 saturated carbocycles. The quantitative estimate of drug-likeness (QED) is 0.920. The molecule has 0 amide bonds. The Labute approximate surface area is 111 Å². The summed E-state index contributed by atoms with van der Waals surface area (Å²) < 4.78 is 5.46. The lowest BCUT2D eigenvalue weighted by Crippen LogP contribution is -2.16. The molecule has 6 heteroatoms. The van der Waals surface area contributed by atoms with Crippen molar-refractivity contribution in [2.45, 2.75) is 19.5 Å². The fraction of sp³-hybridized carbons (Fsp3) is 0.333. The van der Waals surface area contributed by atoms with Crippen LogP contribution in [-0.4, -0.2) is 17.2 Å². The van der Waals surface area contributed by atoms with Crippen molar-refractivity contribution in [1.82, 2.24) is 10.2 Å². The van der Waals surface area contributed by atoms with Crippen LogP contribution in [0.25, 0.3) is 0 Å². The maximum Gasteiger partial charge on any atom is 0.318 e. The standard InChI is InChI=1S/C12H15ClN4O/c1-8(14)11-15-16-12(18-11)17(2)7-9-4-3-5-10(13)6-9/h3-6,8H,7,14H2,1-2H3. The normalized spacial score (nSPS) is 12.4. The summed E-state index contributed by atoms with van der Waals surface area (Å²) in [4.78, 5) is 1.85. The Kier molecular flexibility index (Phi) is 3.84. The van der Waals surface area contributed by atoms with Crippen molar-refractivity contribution >= 4 is 17.6 Å². The van der Waals surface area contributed by atoms with Gasteiger partial charge in [-0.05, 0) is 24.6 Å². The fourth-order valence-electron chi connectivity index (χ4n) is 1.54. The molecule has 2 aromatic rings. The second kappa shape index (κ2) is 5.37. The average Bonchev–Trinajstić information content (AvgIpc) is 2.78. The molecule has 0 bridgehead atoms. The van der Waals surface area contributed by atoms with E-state index in [1.807, 2.05) is 36.2 Å². The molecular weight excluding hydrogens is 252 g/mol. The number of nitrogens with two attached hydrogens (primary N) is 1. The van der Waals surface area contributed by atoms with E-state index in [0.29, 0.717) is 23.5 Å². The first-order chi connectivity index (χ1) is 8.56. The largest absolute Gasteiger partial charge is 0.406 e. The van der Waals surface area contributed by atoms with Crippen molar-refractivity contribution in [3.63, 3.8) is 0 Å². The van der Waals surface area contributed by atoms with Gasteiger partial charge in [0.2, 0.25) is 5.89 Å². The predicted octanol–water partition coefficient (Wildman–Crippen LogP) is 2.38. The number of nitrogens with zero attached hydrogens (tertiary/aromatic N) is 3. The van der Waals surface area contributed by atoms with Crippen molar-refractivity contribution in [3.8, 4) is 0 Å². The van der Waals surface area contributed by atoms with Gasteiger partial charge in [0.15, 0.2) is 0 Å². The molecule has 5 nitrogen and oxygen atoms in total. The Bertz CT molecular complexity index is 526. The monoisotopic (exact) mass is 266 g/mol. The van der Waals surface area contributed by atoms with Gasteiger partial charge >= 0.3 is 6.01 Å². The van der Waals surface area contributed by atoms with Crippen molar-refractivity contribution in [2.24, 2.45) is 5.73 Å². The number of halogens is 1. The minimum atomic E-state index is -0.259. The molecule has 1 heterocycles. The highest BCUT2D eigenvalue weighted by Gasteiger charge is 2.13. The predicted molar refractivity (Wildman–Crippen MR) is 70.5 cm³/mol. The molecule has 1 unspecified atom stereocenters. The molecule has 18 heavy (non-hydrogen) atoms. The first kappa shape index (κ1) is 12.9. The molecule has 2 N–H and O–H groups in total. The highest BCUT2D eigenvalue weighted by atomic mass is 35.5. The first-order valence-electron chi connectivity index (χ1n) is 5.61. The van der Waals surface area contributed by atoms with E-state index in [1.165, 1.54) is 0 Å². The molecule has 1 aromatic heterocycles. The molecule has 0 fully saturated rings. The van der Waals surface area contributed by atoms with Crippen LogP contribution in [0.3, 0.4) is 0 Å². The summed E-state index contributed by atoms with van der Waals surface area (Å²) in [5.74, 6) is 0.433. The van der Waals surface area contributed by atoms with E-state index in [1.54, 1.807) is 6.92 Å². The molecule has 0 aliphatic carbocycles. The van der Waals surface area contributed by atoms with Gasteiger partial charge in [0.25, 0.3) is 0 Å². The summed E-state index contributed by atoms with van der Waals surface area (Å²) in [6.45, 7) is 2.44. The van der Waals surface area contributed by atoms with E-state index in [2.05, 4.69) is 10.2 Å². The zero-order valence-corrected chi connectivity index (χ0v) is 11.1. The molecule has 96 valence electrons. The highest BCUT2D eigenvalue weighted by molar-refractivity contribution is 6.30. The molecule has 1 atom stereocenters. The molecule has 0 aliphatic heterocycles. The summed E-state index contributed by atoms with van der Waals surface area (Å²) >= 11 is 5.93. The van der Waals surface area contributed by atoms with Gasteiger partial charge in [-0.2, -0.15) is 0 Å². The third-order valence-corrected chi connectivity index (χ3v) is 2.69. The Morgan fingerprint density at radius 1 is 1.44 bits per heavy atom. The first-order valence-corrected chi connectivity index (χ1v) is 5.98. The van der Waals surface area contributed by atoms with Crippen molar-refractivity contribution < 1.29 is 4.42 Å². The van der Waals surface area contributed by atoms with Crippen LogP contribution in [0.2, 0.25) is 5.02 Å². The number of hydrogen-bond donors (Lipinski definition) is 1. The number of aromatic nitrogens is 2. The minimum Gasteiger partial charge on any atom is -0.406 e. The number of hydrogen-bond acceptors (Lipinski definition) is 5. The Morgan fingerprint density at radius 2 is 2.22 bits per heavy atom. The van der Waals surface area contributed by atoms with Crippen LogP contribution in [0.1, 0.15) is 24.4 Å². The average molecular weight is 267 g/mol. The fourth-order valence-corrected chi connectivity index (χ4v) is 1.75. The van der Waals surface area contributed by atoms with Crippen LogP contribution in [0.5, 0.6) is 0 Å². The van der Waals surface area contributed by atoms with Gasteiger partial charge in [0.1, 0.15) is 0 Å². The molecule has 0 saturated heterocycles. The zero-order chi connectivity index (χ0) is 13.1. The van der Waals surface area contributed by atoms with Crippen LogP contribution in [-0.2, 0) is 6.54 Å². The van der Waals surface area contributed by atoms with Crippen LogP contribution in [0.15, 0.2) is 28.7 Å². The Hall–Kier alpha value is -1.59. The maximum atomic E-state index is 5.93. The summed E-state index contributed by atoms with van der Waals surface area (Å²) in [5.41, 5.74) is 6.74. The number of benzene rings is 1. The van der Waals surface area contributed by atoms with E-state index in [4.69, 9.17) is 21.8 Å². The Balaban J connectivity index is 2.09. The molecule has 2 rings (SSSR count). The summed E-state index contributed by atoms with van der Waals surface area (Å²) in [6.07, 6.45) is 0. The third kappa shape index (κ3) is 3.00. The SMILES string of the molecule is CC(N)c1nnc(N(C)Cc2cccc(Cl)c2)o1. The number of rotatable bonds is 4. The summed E-state index contributed by atoms with van der Waals surface area (Å²) in [7, 11) is 1.87. The summed E-state index contributed by atoms with van der Waals surface area (Å²) in [5, 5.41) is 8.55.